The molecule has 0 amide bonds. The Morgan fingerprint density at radius 3 is 2.61 bits per heavy atom. The van der Waals surface area contributed by atoms with Crippen LogP contribution < -0.4 is 10.0 Å². The van der Waals surface area contributed by atoms with Crippen molar-refractivity contribution in [1.29, 1.82) is 0 Å². The number of rotatable bonds is 11. The maximum Gasteiger partial charge on any atom is 0.240 e. The first-order chi connectivity index (χ1) is 14.5. The molecule has 8 nitrogen and oxygen atoms in total. The zero-order valence-electron chi connectivity index (χ0n) is 18.4. The lowest BCUT2D eigenvalue weighted by Gasteiger charge is -2.22. The number of aliphatic imine (C=N–C) groups is 1. The third-order valence-electron chi connectivity index (χ3n) is 5.40. The van der Waals surface area contributed by atoms with Gasteiger partial charge < -0.3 is 19.7 Å². The van der Waals surface area contributed by atoms with E-state index < -0.39 is 10.0 Å². The molecule has 0 bridgehead atoms. The molecule has 10 heteroatoms. The summed E-state index contributed by atoms with van der Waals surface area (Å²) in [5.41, 5.74) is 0.979. The summed E-state index contributed by atoms with van der Waals surface area (Å²) in [5, 5.41) is 3.31. The van der Waals surface area contributed by atoms with E-state index in [-0.39, 0.29) is 35.0 Å². The number of benzene rings is 1. The number of sulfonamides is 1. The molecule has 31 heavy (non-hydrogen) atoms. The van der Waals surface area contributed by atoms with Gasteiger partial charge in [-0.05, 0) is 49.3 Å². The van der Waals surface area contributed by atoms with Crippen molar-refractivity contribution in [2.45, 2.75) is 43.2 Å². The average molecular weight is 567 g/mol. The number of halogens is 1. The van der Waals surface area contributed by atoms with Gasteiger partial charge in [0.1, 0.15) is 0 Å². The summed E-state index contributed by atoms with van der Waals surface area (Å²) in [5.74, 6) is 1.55. The van der Waals surface area contributed by atoms with E-state index in [2.05, 4.69) is 15.0 Å². The maximum atomic E-state index is 12.5. The van der Waals surface area contributed by atoms with Crippen LogP contribution in [0.4, 0.5) is 0 Å². The van der Waals surface area contributed by atoms with Crippen LogP contribution in [0.2, 0.25) is 0 Å². The van der Waals surface area contributed by atoms with Crippen molar-refractivity contribution in [3.05, 3.63) is 29.8 Å². The van der Waals surface area contributed by atoms with Crippen LogP contribution in [0.1, 0.15) is 31.2 Å². The van der Waals surface area contributed by atoms with E-state index in [1.807, 2.05) is 24.1 Å². The summed E-state index contributed by atoms with van der Waals surface area (Å²) < 4.78 is 38.7. The average Bonchev–Trinajstić information content (AvgIpc) is 3.42. The Balaban J connectivity index is 0.00000341. The van der Waals surface area contributed by atoms with Crippen molar-refractivity contribution in [3.63, 3.8) is 0 Å². The number of nitrogens with zero attached hydrogens (tertiary/aromatic N) is 2. The van der Waals surface area contributed by atoms with Crippen molar-refractivity contribution >= 4 is 40.0 Å². The van der Waals surface area contributed by atoms with Gasteiger partial charge in [0.25, 0.3) is 0 Å². The first-order valence-corrected chi connectivity index (χ1v) is 12.2. The van der Waals surface area contributed by atoms with Crippen LogP contribution in [0.25, 0.3) is 0 Å². The highest BCUT2D eigenvalue weighted by molar-refractivity contribution is 14.0. The third kappa shape index (κ3) is 8.83. The molecule has 1 aromatic carbocycles. The molecular formula is C21H35IN4O4S. The molecule has 3 rings (SSSR count). The summed E-state index contributed by atoms with van der Waals surface area (Å²) in [6.07, 6.45) is 4.45. The highest BCUT2D eigenvalue weighted by Crippen LogP contribution is 2.28. The molecule has 1 aromatic rings. The highest BCUT2D eigenvalue weighted by atomic mass is 127. The fourth-order valence-corrected chi connectivity index (χ4v) is 4.35. The fraction of sp³-hybridized carbons (Fsp3) is 0.667. The van der Waals surface area contributed by atoms with E-state index in [1.165, 1.54) is 12.8 Å². The van der Waals surface area contributed by atoms with Crippen molar-refractivity contribution < 1.29 is 17.9 Å². The number of hydrogen-bond acceptors (Lipinski definition) is 5. The molecule has 1 aliphatic carbocycles. The van der Waals surface area contributed by atoms with E-state index in [1.54, 1.807) is 19.2 Å². The maximum absolute atomic E-state index is 12.5. The van der Waals surface area contributed by atoms with Gasteiger partial charge in [-0.1, -0.05) is 12.1 Å². The second-order valence-electron chi connectivity index (χ2n) is 7.97. The Morgan fingerprint density at radius 1 is 1.26 bits per heavy atom. The summed E-state index contributed by atoms with van der Waals surface area (Å²) >= 11 is 0. The minimum atomic E-state index is -3.52. The highest BCUT2D eigenvalue weighted by Gasteiger charge is 2.21. The minimum Gasteiger partial charge on any atom is -0.379 e. The predicted molar refractivity (Wildman–Crippen MR) is 132 cm³/mol. The van der Waals surface area contributed by atoms with E-state index in [0.29, 0.717) is 26.3 Å². The number of nitrogens with one attached hydrogen (secondary N) is 2. The van der Waals surface area contributed by atoms with Gasteiger partial charge in [-0.15, -0.1) is 24.0 Å². The molecule has 1 saturated carbocycles. The monoisotopic (exact) mass is 566 g/mol. The van der Waals surface area contributed by atoms with Gasteiger partial charge in [0, 0.05) is 46.9 Å². The Kier molecular flexibility index (Phi) is 11.0. The quantitative estimate of drug-likeness (QED) is 0.185. The normalized spacial score (nSPS) is 19.2. The smallest absolute Gasteiger partial charge is 0.240 e. The second kappa shape index (κ2) is 12.9. The number of guanidine groups is 1. The van der Waals surface area contributed by atoms with Crippen molar-refractivity contribution in [2.24, 2.45) is 10.9 Å². The third-order valence-corrected chi connectivity index (χ3v) is 6.84. The fourth-order valence-electron chi connectivity index (χ4n) is 3.29. The van der Waals surface area contributed by atoms with Crippen molar-refractivity contribution in [2.75, 3.05) is 47.0 Å². The van der Waals surface area contributed by atoms with Gasteiger partial charge in [0.2, 0.25) is 10.0 Å². The Bertz CT molecular complexity index is 794. The van der Waals surface area contributed by atoms with E-state index in [0.717, 1.165) is 43.4 Å². The summed E-state index contributed by atoms with van der Waals surface area (Å²) in [6.45, 7) is 3.89. The van der Waals surface area contributed by atoms with Gasteiger partial charge >= 0.3 is 0 Å². The van der Waals surface area contributed by atoms with Gasteiger partial charge in [-0.2, -0.15) is 0 Å². The Labute approximate surface area is 203 Å². The molecule has 0 aromatic heterocycles. The van der Waals surface area contributed by atoms with E-state index in [4.69, 9.17) is 9.47 Å². The minimum absolute atomic E-state index is 0. The van der Waals surface area contributed by atoms with Crippen LogP contribution in [0.5, 0.6) is 0 Å². The summed E-state index contributed by atoms with van der Waals surface area (Å²) in [4.78, 5) is 6.60. The lowest BCUT2D eigenvalue weighted by atomic mass is 10.2. The van der Waals surface area contributed by atoms with Crippen LogP contribution in [0, 0.1) is 5.92 Å². The van der Waals surface area contributed by atoms with E-state index >= 15 is 0 Å². The SMILES string of the molecule is CN=C(NCc1ccc(S(=O)(=O)NCC2CCCO2)cc1)N(C)CCOCC1CC1.I. The number of hydrogen-bond donors (Lipinski definition) is 2. The zero-order chi connectivity index (χ0) is 21.4. The van der Waals surface area contributed by atoms with Gasteiger partial charge in [-0.3, -0.25) is 4.99 Å². The van der Waals surface area contributed by atoms with Crippen LogP contribution in [-0.4, -0.2) is 72.4 Å². The molecule has 176 valence electrons. The van der Waals surface area contributed by atoms with Crippen LogP contribution >= 0.6 is 24.0 Å². The summed E-state index contributed by atoms with van der Waals surface area (Å²) in [7, 11) is 0.202. The van der Waals surface area contributed by atoms with Crippen LogP contribution in [0.3, 0.4) is 0 Å². The first-order valence-electron chi connectivity index (χ1n) is 10.7. The zero-order valence-corrected chi connectivity index (χ0v) is 21.5. The van der Waals surface area contributed by atoms with Crippen LogP contribution in [-0.2, 0) is 26.0 Å². The molecule has 1 atom stereocenters. The molecule has 1 saturated heterocycles. The topological polar surface area (TPSA) is 92.3 Å². The Hall–Kier alpha value is -0.950. The van der Waals surface area contributed by atoms with Gasteiger partial charge in [0.15, 0.2) is 5.96 Å². The molecular weight excluding hydrogens is 531 g/mol. The molecule has 0 spiro atoms. The Morgan fingerprint density at radius 2 is 2.00 bits per heavy atom. The predicted octanol–water partition coefficient (Wildman–Crippen LogP) is 2.20. The van der Waals surface area contributed by atoms with Gasteiger partial charge in [0.05, 0.1) is 17.6 Å². The van der Waals surface area contributed by atoms with Gasteiger partial charge in [-0.25, -0.2) is 13.1 Å². The molecule has 1 unspecified atom stereocenters. The standard InChI is InChI=1S/C21H34N4O4S.HI/c1-22-21(25(2)11-13-28-16-18-5-6-18)23-14-17-7-9-20(10-8-17)30(26,27)24-15-19-4-3-12-29-19;/h7-10,18-19,24H,3-6,11-16H2,1-2H3,(H,22,23);1H. The second-order valence-corrected chi connectivity index (χ2v) is 9.74. The lowest BCUT2D eigenvalue weighted by Crippen LogP contribution is -2.40. The van der Waals surface area contributed by atoms with Crippen molar-refractivity contribution in [1.82, 2.24) is 14.9 Å². The molecule has 2 N–H and O–H groups in total. The molecule has 1 heterocycles. The summed E-state index contributed by atoms with van der Waals surface area (Å²) in [6, 6.07) is 6.90. The number of likely N-dealkylation sites (N-methyl/N-ethyl adjacent to an activating group) is 1. The lowest BCUT2D eigenvalue weighted by molar-refractivity contribution is 0.114. The molecule has 2 fully saturated rings. The first kappa shape index (κ1) is 26.3. The van der Waals surface area contributed by atoms with Crippen LogP contribution in [0.15, 0.2) is 34.2 Å². The molecule has 0 radical (unpaired) electrons. The molecule has 1 aliphatic heterocycles. The van der Waals surface area contributed by atoms with E-state index in [9.17, 15) is 8.42 Å². The number of ether oxygens (including phenoxy) is 2. The largest absolute Gasteiger partial charge is 0.379 e. The molecule has 2 aliphatic rings. The van der Waals surface area contributed by atoms with Crippen molar-refractivity contribution in [3.8, 4) is 0 Å².